The molecule has 0 bridgehead atoms. The number of nitrogens with one attached hydrogen (secondary N) is 1. The maximum absolute atomic E-state index is 13.2. The number of piperidine rings is 1. The normalized spacial score (nSPS) is 16.8. The molecule has 1 N–H and O–H groups in total. The lowest BCUT2D eigenvalue weighted by Gasteiger charge is -2.21. The van der Waals surface area contributed by atoms with E-state index in [1.165, 1.54) is 6.07 Å². The van der Waals surface area contributed by atoms with Crippen LogP contribution in [0, 0.1) is 5.82 Å². The summed E-state index contributed by atoms with van der Waals surface area (Å²) in [5.41, 5.74) is 2.02. The van der Waals surface area contributed by atoms with Gasteiger partial charge in [0, 0.05) is 18.4 Å². The molecule has 2 heterocycles. The first-order valence-corrected chi connectivity index (χ1v) is 6.08. The van der Waals surface area contributed by atoms with Gasteiger partial charge in [-0.15, -0.1) is 12.4 Å². The van der Waals surface area contributed by atoms with Crippen LogP contribution in [0.15, 0.2) is 18.2 Å². The molecule has 0 atom stereocenters. The van der Waals surface area contributed by atoms with E-state index in [1.54, 1.807) is 10.7 Å². The molecule has 1 aromatic carbocycles. The number of nitrogens with zero attached hydrogens (tertiary/aromatic N) is 2. The van der Waals surface area contributed by atoms with Crippen LogP contribution in [0.1, 0.15) is 24.5 Å². The van der Waals surface area contributed by atoms with Gasteiger partial charge in [0.05, 0.1) is 11.2 Å². The largest absolute Gasteiger partial charge is 0.317 e. The van der Waals surface area contributed by atoms with Gasteiger partial charge in [-0.05, 0) is 44.1 Å². The summed E-state index contributed by atoms with van der Waals surface area (Å²) in [5.74, 6) is 0.308. The van der Waals surface area contributed by atoms with Crippen molar-refractivity contribution in [3.63, 3.8) is 0 Å². The highest BCUT2D eigenvalue weighted by Crippen LogP contribution is 2.30. The first-order valence-electron chi connectivity index (χ1n) is 6.08. The highest BCUT2D eigenvalue weighted by atomic mass is 35.5. The summed E-state index contributed by atoms with van der Waals surface area (Å²) in [7, 11) is 1.88. The van der Waals surface area contributed by atoms with Crippen LogP contribution < -0.4 is 5.32 Å². The SMILES string of the molecule is Cl.Cn1nc(C2CCNCC2)c2ccc(F)cc21. The van der Waals surface area contributed by atoms with Crippen molar-refractivity contribution < 1.29 is 4.39 Å². The Morgan fingerprint density at radius 3 is 2.78 bits per heavy atom. The van der Waals surface area contributed by atoms with Crippen LogP contribution in [0.2, 0.25) is 0 Å². The van der Waals surface area contributed by atoms with E-state index < -0.39 is 0 Å². The molecule has 1 saturated heterocycles. The molecule has 1 aliphatic rings. The third-order valence-corrected chi connectivity index (χ3v) is 3.57. The van der Waals surface area contributed by atoms with Crippen LogP contribution >= 0.6 is 12.4 Å². The molecular weight excluding hydrogens is 253 g/mol. The zero-order valence-corrected chi connectivity index (χ0v) is 11.1. The Bertz CT molecular complexity index is 546. The van der Waals surface area contributed by atoms with E-state index in [2.05, 4.69) is 10.4 Å². The number of aryl methyl sites for hydroxylation is 1. The van der Waals surface area contributed by atoms with Crippen LogP contribution in [0.4, 0.5) is 4.39 Å². The van der Waals surface area contributed by atoms with Crippen LogP contribution in [0.25, 0.3) is 10.9 Å². The molecule has 0 radical (unpaired) electrons. The second kappa shape index (κ2) is 5.24. The Kier molecular flexibility index (Phi) is 3.88. The highest BCUT2D eigenvalue weighted by molar-refractivity contribution is 5.85. The molecule has 0 unspecified atom stereocenters. The molecular formula is C13H17ClFN3. The van der Waals surface area contributed by atoms with Crippen molar-refractivity contribution >= 4 is 23.3 Å². The zero-order valence-electron chi connectivity index (χ0n) is 10.3. The standard InChI is InChI=1S/C13H16FN3.ClH/c1-17-12-8-10(14)2-3-11(12)13(16-17)9-4-6-15-7-5-9;/h2-3,8-9,15H,4-7H2,1H3;1H. The summed E-state index contributed by atoms with van der Waals surface area (Å²) in [4.78, 5) is 0. The summed E-state index contributed by atoms with van der Waals surface area (Å²) in [6.45, 7) is 2.09. The molecule has 3 nitrogen and oxygen atoms in total. The van der Waals surface area contributed by atoms with Gasteiger partial charge in [0.15, 0.2) is 0 Å². The van der Waals surface area contributed by atoms with Gasteiger partial charge in [-0.3, -0.25) is 4.68 Å². The summed E-state index contributed by atoms with van der Waals surface area (Å²) in [6, 6.07) is 4.94. The van der Waals surface area contributed by atoms with E-state index >= 15 is 0 Å². The Morgan fingerprint density at radius 1 is 1.33 bits per heavy atom. The number of fused-ring (bicyclic) bond motifs is 1. The lowest BCUT2D eigenvalue weighted by Crippen LogP contribution is -2.26. The lowest BCUT2D eigenvalue weighted by molar-refractivity contribution is 0.452. The fourth-order valence-corrected chi connectivity index (χ4v) is 2.66. The van der Waals surface area contributed by atoms with Crippen molar-refractivity contribution in [2.45, 2.75) is 18.8 Å². The van der Waals surface area contributed by atoms with Gasteiger partial charge in [0.2, 0.25) is 0 Å². The summed E-state index contributed by atoms with van der Waals surface area (Å²) in [5, 5.41) is 9.03. The first-order chi connectivity index (χ1) is 8.25. The smallest absolute Gasteiger partial charge is 0.125 e. The van der Waals surface area contributed by atoms with Crippen LogP contribution in [-0.2, 0) is 7.05 Å². The molecule has 1 aliphatic heterocycles. The fourth-order valence-electron chi connectivity index (χ4n) is 2.66. The second-order valence-electron chi connectivity index (χ2n) is 4.69. The van der Waals surface area contributed by atoms with Crippen molar-refractivity contribution in [3.8, 4) is 0 Å². The van der Waals surface area contributed by atoms with E-state index in [0.29, 0.717) is 5.92 Å². The summed E-state index contributed by atoms with van der Waals surface area (Å²) < 4.78 is 15.0. The molecule has 3 rings (SSSR count). The molecule has 98 valence electrons. The number of hydrogen-bond donors (Lipinski definition) is 1. The maximum Gasteiger partial charge on any atom is 0.125 e. The number of aromatic nitrogens is 2. The van der Waals surface area contributed by atoms with Gasteiger partial charge in [-0.25, -0.2) is 4.39 Å². The number of rotatable bonds is 1. The van der Waals surface area contributed by atoms with Crippen LogP contribution in [0.3, 0.4) is 0 Å². The Labute approximate surface area is 112 Å². The Morgan fingerprint density at radius 2 is 2.06 bits per heavy atom. The first kappa shape index (κ1) is 13.3. The van der Waals surface area contributed by atoms with Crippen molar-refractivity contribution in [2.75, 3.05) is 13.1 Å². The summed E-state index contributed by atoms with van der Waals surface area (Å²) >= 11 is 0. The van der Waals surface area contributed by atoms with Crippen molar-refractivity contribution in [2.24, 2.45) is 7.05 Å². The quantitative estimate of drug-likeness (QED) is 0.862. The minimum absolute atomic E-state index is 0. The second-order valence-corrected chi connectivity index (χ2v) is 4.69. The van der Waals surface area contributed by atoms with Gasteiger partial charge >= 0.3 is 0 Å². The van der Waals surface area contributed by atoms with E-state index in [9.17, 15) is 4.39 Å². The maximum atomic E-state index is 13.2. The van der Waals surface area contributed by atoms with Gasteiger partial charge in [-0.1, -0.05) is 0 Å². The predicted octanol–water partition coefficient (Wildman–Crippen LogP) is 2.60. The predicted molar refractivity (Wildman–Crippen MR) is 72.8 cm³/mol. The Balaban J connectivity index is 0.00000120. The van der Waals surface area contributed by atoms with Crippen molar-refractivity contribution in [1.29, 1.82) is 0 Å². The topological polar surface area (TPSA) is 29.9 Å². The number of benzene rings is 1. The number of halogens is 2. The monoisotopic (exact) mass is 269 g/mol. The molecule has 1 aromatic heterocycles. The minimum Gasteiger partial charge on any atom is -0.317 e. The van der Waals surface area contributed by atoms with E-state index in [4.69, 9.17) is 0 Å². The van der Waals surface area contributed by atoms with Crippen LogP contribution in [-0.4, -0.2) is 22.9 Å². The molecule has 0 saturated carbocycles. The van der Waals surface area contributed by atoms with E-state index in [1.807, 2.05) is 13.1 Å². The van der Waals surface area contributed by atoms with Crippen molar-refractivity contribution in [3.05, 3.63) is 29.7 Å². The third kappa shape index (κ3) is 2.22. The van der Waals surface area contributed by atoms with E-state index in [0.717, 1.165) is 42.5 Å². The van der Waals surface area contributed by atoms with Crippen LogP contribution in [0.5, 0.6) is 0 Å². The molecule has 5 heteroatoms. The van der Waals surface area contributed by atoms with E-state index in [-0.39, 0.29) is 18.2 Å². The molecule has 18 heavy (non-hydrogen) atoms. The van der Waals surface area contributed by atoms with Gasteiger partial charge in [0.25, 0.3) is 0 Å². The molecule has 2 aromatic rings. The summed E-state index contributed by atoms with van der Waals surface area (Å²) in [6.07, 6.45) is 2.23. The van der Waals surface area contributed by atoms with Gasteiger partial charge in [0.1, 0.15) is 5.82 Å². The van der Waals surface area contributed by atoms with Gasteiger partial charge in [-0.2, -0.15) is 5.10 Å². The molecule has 0 spiro atoms. The molecule has 0 aliphatic carbocycles. The minimum atomic E-state index is -0.197. The zero-order chi connectivity index (χ0) is 11.8. The fraction of sp³-hybridized carbons (Fsp3) is 0.462. The highest BCUT2D eigenvalue weighted by Gasteiger charge is 2.21. The average Bonchev–Trinajstić information content (AvgIpc) is 2.68. The number of hydrogen-bond acceptors (Lipinski definition) is 2. The molecule has 1 fully saturated rings. The Hall–Kier alpha value is -1.13. The molecule has 0 amide bonds. The lowest BCUT2D eigenvalue weighted by atomic mass is 9.93. The van der Waals surface area contributed by atoms with Gasteiger partial charge < -0.3 is 5.32 Å². The van der Waals surface area contributed by atoms with Crippen molar-refractivity contribution in [1.82, 2.24) is 15.1 Å². The third-order valence-electron chi connectivity index (χ3n) is 3.57. The average molecular weight is 270 g/mol.